The Morgan fingerprint density at radius 1 is 0.383 bits per heavy atom. The van der Waals surface area contributed by atoms with Crippen molar-refractivity contribution in [3.8, 4) is 0 Å². The number of carbonyl (C=O) groups is 2. The minimum absolute atomic E-state index is 0.0402. The number of rotatable bonds is 44. The van der Waals surface area contributed by atoms with Crippen LogP contribution in [-0.4, -0.2) is 37.9 Å². The van der Waals surface area contributed by atoms with E-state index in [2.05, 4.69) is 112 Å². The molecule has 1 unspecified atom stereocenters. The predicted octanol–water partition coefficient (Wildman–Crippen LogP) is 16.7. The Balaban J connectivity index is 4.41. The molecular weight excluding hydrogens is 741 g/mol. The van der Waals surface area contributed by atoms with E-state index in [-0.39, 0.29) is 31.6 Å². The normalized spacial score (nSPS) is 13.1. The van der Waals surface area contributed by atoms with Gasteiger partial charge in [-0.05, 0) is 109 Å². The van der Waals surface area contributed by atoms with Gasteiger partial charge in [0.1, 0.15) is 6.61 Å². The second-order valence-electron chi connectivity index (χ2n) is 16.0. The summed E-state index contributed by atoms with van der Waals surface area (Å²) < 4.78 is 17.3. The molecule has 0 aliphatic heterocycles. The lowest BCUT2D eigenvalue weighted by Crippen LogP contribution is -2.30. The number of esters is 2. The van der Waals surface area contributed by atoms with Gasteiger partial charge < -0.3 is 14.2 Å². The van der Waals surface area contributed by atoms with Gasteiger partial charge in [0.15, 0.2) is 6.10 Å². The van der Waals surface area contributed by atoms with Crippen molar-refractivity contribution in [3.63, 3.8) is 0 Å². The molecule has 0 N–H and O–H groups in total. The number of carbonyl (C=O) groups excluding carboxylic acids is 2. The molecular formula is C55H92O5. The van der Waals surface area contributed by atoms with Crippen LogP contribution in [-0.2, 0) is 23.8 Å². The number of unbranched alkanes of at least 4 members (excludes halogenated alkanes) is 17. The SMILES string of the molecule is CC/C=C\C/C=C\C/C=C\C/C=C\CCC(=O)OC(COCCCCCCCC/C=C\C/C=C\CCCCC)COC(=O)CCCCCCC/C=C\C/C=C\CCCCC. The third-order valence-corrected chi connectivity index (χ3v) is 10.1. The first-order chi connectivity index (χ1) is 29.6. The third kappa shape index (κ3) is 47.5. The van der Waals surface area contributed by atoms with E-state index in [9.17, 15) is 9.59 Å². The van der Waals surface area contributed by atoms with Gasteiger partial charge in [0.25, 0.3) is 0 Å². The van der Waals surface area contributed by atoms with Crippen molar-refractivity contribution >= 4 is 11.9 Å². The average Bonchev–Trinajstić information content (AvgIpc) is 3.25. The maximum Gasteiger partial charge on any atom is 0.306 e. The molecule has 0 fully saturated rings. The Hall–Kier alpha value is -3.18. The van der Waals surface area contributed by atoms with E-state index in [0.717, 1.165) is 83.5 Å². The molecule has 0 amide bonds. The van der Waals surface area contributed by atoms with Crippen molar-refractivity contribution in [1.82, 2.24) is 0 Å². The quantitative estimate of drug-likeness (QED) is 0.0348. The van der Waals surface area contributed by atoms with Gasteiger partial charge in [-0.2, -0.15) is 0 Å². The highest BCUT2D eigenvalue weighted by Gasteiger charge is 2.17. The minimum Gasteiger partial charge on any atom is -0.462 e. The topological polar surface area (TPSA) is 61.8 Å². The van der Waals surface area contributed by atoms with Crippen LogP contribution in [0.2, 0.25) is 0 Å². The van der Waals surface area contributed by atoms with Crippen LogP contribution in [0.5, 0.6) is 0 Å². The maximum atomic E-state index is 12.7. The lowest BCUT2D eigenvalue weighted by molar-refractivity contribution is -0.162. The highest BCUT2D eigenvalue weighted by molar-refractivity contribution is 5.70. The highest BCUT2D eigenvalue weighted by Crippen LogP contribution is 2.12. The fraction of sp³-hybridized carbons (Fsp3) is 0.673. The van der Waals surface area contributed by atoms with Gasteiger partial charge in [-0.3, -0.25) is 9.59 Å². The summed E-state index contributed by atoms with van der Waals surface area (Å²) in [6.07, 6.45) is 67.1. The molecule has 0 aliphatic carbocycles. The number of hydrogen-bond acceptors (Lipinski definition) is 5. The van der Waals surface area contributed by atoms with E-state index >= 15 is 0 Å². The zero-order chi connectivity index (χ0) is 43.5. The molecule has 0 radical (unpaired) electrons. The van der Waals surface area contributed by atoms with Crippen molar-refractivity contribution in [2.45, 2.75) is 219 Å². The van der Waals surface area contributed by atoms with Crippen molar-refractivity contribution in [2.75, 3.05) is 19.8 Å². The fourth-order valence-electron chi connectivity index (χ4n) is 6.41. The van der Waals surface area contributed by atoms with Crippen LogP contribution < -0.4 is 0 Å². The van der Waals surface area contributed by atoms with Crippen LogP contribution in [0.1, 0.15) is 213 Å². The molecule has 0 heterocycles. The minimum atomic E-state index is -0.590. The summed E-state index contributed by atoms with van der Waals surface area (Å²) in [4.78, 5) is 25.3. The highest BCUT2D eigenvalue weighted by atomic mass is 16.6. The van der Waals surface area contributed by atoms with Gasteiger partial charge in [0.2, 0.25) is 0 Å². The van der Waals surface area contributed by atoms with E-state index in [1.54, 1.807) is 0 Å². The molecule has 1 atom stereocenters. The molecule has 0 rings (SSSR count). The van der Waals surface area contributed by atoms with E-state index in [0.29, 0.717) is 19.4 Å². The lowest BCUT2D eigenvalue weighted by Gasteiger charge is -2.18. The van der Waals surface area contributed by atoms with Gasteiger partial charge in [0.05, 0.1) is 6.61 Å². The molecule has 342 valence electrons. The van der Waals surface area contributed by atoms with Gasteiger partial charge in [-0.25, -0.2) is 0 Å². The summed E-state index contributed by atoms with van der Waals surface area (Å²) in [5, 5.41) is 0. The second-order valence-corrected chi connectivity index (χ2v) is 16.0. The van der Waals surface area contributed by atoms with Crippen LogP contribution in [0.25, 0.3) is 0 Å². The summed E-state index contributed by atoms with van der Waals surface area (Å²) >= 11 is 0. The Morgan fingerprint density at radius 2 is 0.783 bits per heavy atom. The Labute approximate surface area is 371 Å². The van der Waals surface area contributed by atoms with Crippen molar-refractivity contribution < 1.29 is 23.8 Å². The Morgan fingerprint density at radius 3 is 1.27 bits per heavy atom. The van der Waals surface area contributed by atoms with Crippen LogP contribution >= 0.6 is 0 Å². The summed E-state index contributed by atoms with van der Waals surface area (Å²) in [6, 6.07) is 0. The molecule has 5 heteroatoms. The van der Waals surface area contributed by atoms with Crippen molar-refractivity contribution in [2.24, 2.45) is 0 Å². The molecule has 0 aromatic rings. The first-order valence-corrected chi connectivity index (χ1v) is 24.8. The second kappa shape index (κ2) is 50.2. The van der Waals surface area contributed by atoms with E-state index in [1.807, 2.05) is 6.08 Å². The van der Waals surface area contributed by atoms with E-state index in [4.69, 9.17) is 14.2 Å². The molecule has 0 aromatic heterocycles. The average molecular weight is 833 g/mol. The molecule has 0 spiro atoms. The van der Waals surface area contributed by atoms with E-state index in [1.165, 1.54) is 89.9 Å². The zero-order valence-electron chi connectivity index (χ0n) is 39.2. The van der Waals surface area contributed by atoms with Gasteiger partial charge in [0, 0.05) is 19.4 Å². The molecule has 60 heavy (non-hydrogen) atoms. The van der Waals surface area contributed by atoms with Crippen LogP contribution in [0, 0.1) is 0 Å². The molecule has 0 aromatic carbocycles. The molecule has 0 bridgehead atoms. The summed E-state index contributed by atoms with van der Waals surface area (Å²) in [5.41, 5.74) is 0. The zero-order valence-corrected chi connectivity index (χ0v) is 39.2. The molecule has 0 saturated heterocycles. The molecule has 0 aliphatic rings. The maximum absolute atomic E-state index is 12.7. The number of ether oxygens (including phenoxy) is 3. The first kappa shape index (κ1) is 56.8. The predicted molar refractivity (Wildman–Crippen MR) is 260 cm³/mol. The third-order valence-electron chi connectivity index (χ3n) is 10.1. The standard InChI is InChI=1S/C55H92O5/c1-4-7-10-13-16-19-22-25-27-29-32-35-38-41-44-47-50-58-51-53(60-55(57)49-46-43-40-37-34-30-24-21-18-15-12-9-6-3)52-59-54(56)48-45-42-39-36-33-31-28-26-23-20-17-14-11-8-5-2/h9,12,16-21,25-28,30,34,40,43,53H,4-8,10-11,13-15,22-24,29,31-33,35-39,41-42,44-52H2,1-3H3/b12-9-,19-16-,20-17-,21-18-,27-25-,28-26-,34-30-,43-40-. The summed E-state index contributed by atoms with van der Waals surface area (Å²) in [6.45, 7) is 7.53. The van der Waals surface area contributed by atoms with Crippen molar-refractivity contribution in [3.05, 3.63) is 97.2 Å². The van der Waals surface area contributed by atoms with Crippen LogP contribution in [0.15, 0.2) is 97.2 Å². The lowest BCUT2D eigenvalue weighted by atomic mass is 10.1. The fourth-order valence-corrected chi connectivity index (χ4v) is 6.41. The van der Waals surface area contributed by atoms with Gasteiger partial charge in [-0.15, -0.1) is 0 Å². The molecule has 0 saturated carbocycles. The van der Waals surface area contributed by atoms with Gasteiger partial charge in [-0.1, -0.05) is 189 Å². The monoisotopic (exact) mass is 833 g/mol. The number of hydrogen-bond donors (Lipinski definition) is 0. The first-order valence-electron chi connectivity index (χ1n) is 24.8. The van der Waals surface area contributed by atoms with Gasteiger partial charge >= 0.3 is 11.9 Å². The number of allylic oxidation sites excluding steroid dienone is 16. The molecule has 5 nitrogen and oxygen atoms in total. The van der Waals surface area contributed by atoms with Crippen LogP contribution in [0.4, 0.5) is 0 Å². The summed E-state index contributed by atoms with van der Waals surface area (Å²) in [7, 11) is 0. The van der Waals surface area contributed by atoms with Crippen LogP contribution in [0.3, 0.4) is 0 Å². The summed E-state index contributed by atoms with van der Waals surface area (Å²) in [5.74, 6) is -0.517. The Kier molecular flexibility index (Phi) is 47.5. The van der Waals surface area contributed by atoms with E-state index < -0.39 is 6.10 Å². The smallest absolute Gasteiger partial charge is 0.306 e. The van der Waals surface area contributed by atoms with Crippen molar-refractivity contribution in [1.29, 1.82) is 0 Å². The largest absolute Gasteiger partial charge is 0.462 e. The Bertz CT molecular complexity index is 1170.